The lowest BCUT2D eigenvalue weighted by molar-refractivity contribution is -0.387. The molecule has 10 nitrogen and oxygen atoms in total. The normalized spacial score (nSPS) is 11.3. The molecule has 0 saturated carbocycles. The largest absolute Gasteiger partial charge is 0.493 e. The Morgan fingerprint density at radius 1 is 1.00 bits per heavy atom. The Bertz CT molecular complexity index is 1410. The number of nitrogens with one attached hydrogen (secondary N) is 2. The predicted molar refractivity (Wildman–Crippen MR) is 155 cm³/mol. The first-order chi connectivity index (χ1) is 19.8. The van der Waals surface area contributed by atoms with Crippen LogP contribution in [0, 0.1) is 6.92 Å². The number of nitrogens with zero attached hydrogens (tertiary/aromatic N) is 2. The highest BCUT2D eigenvalue weighted by Gasteiger charge is 2.13. The highest BCUT2D eigenvalue weighted by atomic mass is 16.9. The van der Waals surface area contributed by atoms with Gasteiger partial charge in [-0.25, -0.2) is 10.4 Å². The zero-order valence-corrected chi connectivity index (χ0v) is 23.5. The monoisotopic (exact) mass is 560 g/mol. The molecule has 1 heterocycles. The molecule has 41 heavy (non-hydrogen) atoms. The third-order valence-electron chi connectivity index (χ3n) is 6.20. The summed E-state index contributed by atoms with van der Waals surface area (Å²) in [6.07, 6.45) is 0.681. The maximum Gasteiger partial charge on any atom is 0.303 e. The Morgan fingerprint density at radius 2 is 1.73 bits per heavy atom. The molecule has 0 bridgehead atoms. The summed E-state index contributed by atoms with van der Waals surface area (Å²) in [6, 6.07) is 23.4. The molecular formula is C31H36N4O6. The lowest BCUT2D eigenvalue weighted by Gasteiger charge is -2.19. The molecule has 4 aromatic rings. The van der Waals surface area contributed by atoms with Crippen LogP contribution < -0.4 is 15.5 Å². The van der Waals surface area contributed by atoms with E-state index in [4.69, 9.17) is 19.1 Å². The Kier molecular flexibility index (Phi) is 10.5. The van der Waals surface area contributed by atoms with Crippen molar-refractivity contribution in [3.8, 4) is 17.2 Å². The minimum atomic E-state index is -0.877. The highest BCUT2D eigenvalue weighted by Crippen LogP contribution is 2.26. The van der Waals surface area contributed by atoms with E-state index < -0.39 is 5.97 Å². The number of aryl methyl sites for hydroxylation is 2. The van der Waals surface area contributed by atoms with Gasteiger partial charge in [-0.2, -0.15) is 0 Å². The Balaban J connectivity index is 1.36. The average Bonchev–Trinajstić information content (AvgIpc) is 3.32. The molecule has 0 aliphatic heterocycles. The van der Waals surface area contributed by atoms with Crippen LogP contribution in [0.2, 0.25) is 0 Å². The summed E-state index contributed by atoms with van der Waals surface area (Å²) >= 11 is 0. The summed E-state index contributed by atoms with van der Waals surface area (Å²) in [7, 11) is 0. The molecule has 1 aromatic heterocycles. The number of rotatable bonds is 15. The standard InChI is InChI=1S/C31H36N4O6/c1-21(2)41-35(38)32-20-25-19-28(15-11-23(25)12-16-30(36)37)39-18-17-29-22(3)40-31(34-29)24-9-13-27(14-10-24)33-26-7-5-4-6-8-26/h4-11,13-15,19,21,32-33,38H,12,16-18,20H2,1-3H3,(H,36,37). The molecule has 0 fully saturated rings. The average molecular weight is 561 g/mol. The van der Waals surface area contributed by atoms with E-state index in [1.54, 1.807) is 13.8 Å². The molecule has 0 aliphatic rings. The van der Waals surface area contributed by atoms with E-state index in [2.05, 4.69) is 15.7 Å². The fraction of sp³-hybridized carbons (Fsp3) is 0.290. The number of hydrogen-bond acceptors (Lipinski definition) is 9. The second kappa shape index (κ2) is 14.4. The van der Waals surface area contributed by atoms with Crippen LogP contribution in [0.5, 0.6) is 5.75 Å². The van der Waals surface area contributed by atoms with Crippen molar-refractivity contribution in [1.82, 2.24) is 15.7 Å². The van der Waals surface area contributed by atoms with Crippen molar-refractivity contribution in [3.05, 3.63) is 95.4 Å². The van der Waals surface area contributed by atoms with Crippen LogP contribution in [0.3, 0.4) is 0 Å². The maximum atomic E-state index is 11.1. The molecule has 0 amide bonds. The fourth-order valence-electron chi connectivity index (χ4n) is 4.17. The van der Waals surface area contributed by atoms with Crippen LogP contribution in [0.15, 0.2) is 77.2 Å². The van der Waals surface area contributed by atoms with Crippen molar-refractivity contribution in [2.45, 2.75) is 52.7 Å². The second-order valence-corrected chi connectivity index (χ2v) is 9.77. The summed E-state index contributed by atoms with van der Waals surface area (Å²) in [6.45, 7) is 6.06. The minimum absolute atomic E-state index is 0.00142. The van der Waals surface area contributed by atoms with Gasteiger partial charge in [-0.1, -0.05) is 24.3 Å². The minimum Gasteiger partial charge on any atom is -0.493 e. The maximum absolute atomic E-state index is 11.1. The van der Waals surface area contributed by atoms with E-state index in [0.29, 0.717) is 36.4 Å². The van der Waals surface area contributed by atoms with E-state index >= 15 is 0 Å². The molecule has 0 saturated heterocycles. The molecule has 4 N–H and O–H groups in total. The van der Waals surface area contributed by atoms with Crippen molar-refractivity contribution in [2.75, 3.05) is 11.9 Å². The Morgan fingerprint density at radius 3 is 2.44 bits per heavy atom. The number of hydrazine groups is 1. The number of anilines is 2. The van der Waals surface area contributed by atoms with Crippen molar-refractivity contribution in [1.29, 1.82) is 0 Å². The summed E-state index contributed by atoms with van der Waals surface area (Å²) in [5.41, 5.74) is 8.06. The summed E-state index contributed by atoms with van der Waals surface area (Å²) in [5.74, 6) is 1.03. The Hall–Kier alpha value is -4.22. The predicted octanol–water partition coefficient (Wildman–Crippen LogP) is 6.07. The van der Waals surface area contributed by atoms with Crippen LogP contribution >= 0.6 is 0 Å². The molecule has 10 heteroatoms. The van der Waals surface area contributed by atoms with E-state index in [9.17, 15) is 10.0 Å². The van der Waals surface area contributed by atoms with Gasteiger partial charge in [0.25, 0.3) is 0 Å². The van der Waals surface area contributed by atoms with Gasteiger partial charge >= 0.3 is 5.97 Å². The number of para-hydroxylation sites is 1. The molecule has 0 unspecified atom stereocenters. The third-order valence-corrected chi connectivity index (χ3v) is 6.20. The quantitative estimate of drug-likeness (QED) is 0.127. The fourth-order valence-corrected chi connectivity index (χ4v) is 4.17. The van der Waals surface area contributed by atoms with Crippen LogP contribution in [-0.4, -0.2) is 39.3 Å². The van der Waals surface area contributed by atoms with Gasteiger partial charge in [-0.15, -0.1) is 0 Å². The van der Waals surface area contributed by atoms with Crippen molar-refractivity contribution < 1.29 is 29.1 Å². The van der Waals surface area contributed by atoms with E-state index in [0.717, 1.165) is 39.5 Å². The Labute approximate surface area is 239 Å². The molecule has 3 aromatic carbocycles. The lowest BCUT2D eigenvalue weighted by atomic mass is 10.0. The molecule has 0 radical (unpaired) electrons. The van der Waals surface area contributed by atoms with Gasteiger partial charge in [-0.05, 0) is 86.8 Å². The molecule has 216 valence electrons. The smallest absolute Gasteiger partial charge is 0.303 e. The molecule has 0 aliphatic carbocycles. The van der Waals surface area contributed by atoms with E-state index in [1.165, 1.54) is 0 Å². The molecular weight excluding hydrogens is 524 g/mol. The first kappa shape index (κ1) is 29.8. The van der Waals surface area contributed by atoms with Crippen LogP contribution in [-0.2, 0) is 29.0 Å². The van der Waals surface area contributed by atoms with Gasteiger partial charge in [0.05, 0.1) is 18.4 Å². The van der Waals surface area contributed by atoms with Gasteiger partial charge in [0.1, 0.15) is 11.5 Å². The lowest BCUT2D eigenvalue weighted by Crippen LogP contribution is -2.36. The number of benzene rings is 3. The van der Waals surface area contributed by atoms with E-state index in [-0.39, 0.29) is 19.1 Å². The van der Waals surface area contributed by atoms with Gasteiger partial charge in [0.15, 0.2) is 0 Å². The zero-order valence-electron chi connectivity index (χ0n) is 23.5. The van der Waals surface area contributed by atoms with Crippen LogP contribution in [0.1, 0.15) is 42.8 Å². The number of carboxylic acids is 1. The molecule has 0 atom stereocenters. The molecule has 0 spiro atoms. The van der Waals surface area contributed by atoms with Gasteiger partial charge < -0.3 is 19.6 Å². The number of hydrogen-bond donors (Lipinski definition) is 4. The highest BCUT2D eigenvalue weighted by molar-refractivity contribution is 5.67. The zero-order chi connectivity index (χ0) is 29.2. The van der Waals surface area contributed by atoms with Gasteiger partial charge in [0, 0.05) is 41.7 Å². The third kappa shape index (κ3) is 9.16. The summed E-state index contributed by atoms with van der Waals surface area (Å²) in [4.78, 5) is 20.9. The number of oxazole rings is 1. The first-order valence-corrected chi connectivity index (χ1v) is 13.5. The van der Waals surface area contributed by atoms with E-state index in [1.807, 2.05) is 79.7 Å². The number of carbonyl (C=O) groups is 1. The molecule has 4 rings (SSSR count). The second-order valence-electron chi connectivity index (χ2n) is 9.77. The first-order valence-electron chi connectivity index (χ1n) is 13.5. The number of carboxylic acid groups (broad SMARTS) is 1. The van der Waals surface area contributed by atoms with Crippen LogP contribution in [0.25, 0.3) is 11.5 Å². The van der Waals surface area contributed by atoms with Crippen molar-refractivity contribution in [3.63, 3.8) is 0 Å². The van der Waals surface area contributed by atoms with Gasteiger partial charge in [0.2, 0.25) is 5.89 Å². The number of aromatic nitrogens is 1. The van der Waals surface area contributed by atoms with Crippen LogP contribution in [0.4, 0.5) is 11.4 Å². The topological polar surface area (TPSA) is 129 Å². The SMILES string of the molecule is Cc1oc(-c2ccc(Nc3ccccc3)cc2)nc1CCOc1ccc(CCC(=O)O)c(CNN(O)OC(C)C)c1. The number of ether oxygens (including phenoxy) is 1. The van der Waals surface area contributed by atoms with Crippen molar-refractivity contribution in [2.24, 2.45) is 0 Å². The van der Waals surface area contributed by atoms with Gasteiger partial charge in [-0.3, -0.25) is 14.8 Å². The number of aliphatic carboxylic acids is 1. The van der Waals surface area contributed by atoms with Crippen molar-refractivity contribution >= 4 is 17.3 Å². The summed E-state index contributed by atoms with van der Waals surface area (Å²) in [5, 5.41) is 22.9. The summed E-state index contributed by atoms with van der Waals surface area (Å²) < 4.78 is 11.9.